The Kier molecular flexibility index (Phi) is 7.05. The van der Waals surface area contributed by atoms with E-state index in [1.54, 1.807) is 11.8 Å². The number of benzene rings is 2. The molecule has 0 aromatic heterocycles. The Morgan fingerprint density at radius 1 is 1.14 bits per heavy atom. The van der Waals surface area contributed by atoms with Gasteiger partial charge in [0.25, 0.3) is 0 Å². The van der Waals surface area contributed by atoms with E-state index in [2.05, 4.69) is 29.2 Å². The Hall–Kier alpha value is -1.95. The van der Waals surface area contributed by atoms with Gasteiger partial charge in [-0.15, -0.1) is 11.8 Å². The van der Waals surface area contributed by atoms with Gasteiger partial charge in [0.05, 0.1) is 18.8 Å². The fraction of sp³-hybridized carbons (Fsp3) is 0.391. The Morgan fingerprint density at radius 3 is 2.36 bits per heavy atom. The minimum Gasteiger partial charge on any atom is -0.379 e. The molecular weight excluding hydrogens is 370 g/mol. The molecule has 3 rings (SSSR count). The topological polar surface area (TPSA) is 46.6 Å². The number of thioether (sulfide) groups is 1. The summed E-state index contributed by atoms with van der Waals surface area (Å²) in [5.74, 6) is -0.174. The van der Waals surface area contributed by atoms with Crippen molar-refractivity contribution in [2.24, 2.45) is 0 Å². The van der Waals surface area contributed by atoms with Gasteiger partial charge in [-0.25, -0.2) is 0 Å². The molecule has 0 spiro atoms. The standard InChI is InChI=1S/C23H27NO3S/c1-23(17-25,24-12-14-27-15-13-24)21(18-8-10-20(28-2)11-9-18)16-22(26)19-6-4-3-5-7-19/h3-11,17,21H,12-16H2,1-2H3. The van der Waals surface area contributed by atoms with E-state index < -0.39 is 5.54 Å². The third-order valence-electron chi connectivity index (χ3n) is 5.64. The molecule has 2 atom stereocenters. The van der Waals surface area contributed by atoms with Gasteiger partial charge < -0.3 is 9.53 Å². The maximum absolute atomic E-state index is 13.0. The molecule has 1 fully saturated rings. The maximum Gasteiger partial charge on any atom is 0.163 e. The molecule has 2 unspecified atom stereocenters. The van der Waals surface area contributed by atoms with Crippen LogP contribution in [-0.4, -0.2) is 55.1 Å². The fourth-order valence-corrected chi connectivity index (χ4v) is 4.26. The lowest BCUT2D eigenvalue weighted by Crippen LogP contribution is -2.56. The molecule has 1 heterocycles. The van der Waals surface area contributed by atoms with Crippen molar-refractivity contribution in [3.05, 3.63) is 65.7 Å². The average molecular weight is 398 g/mol. The molecule has 2 aromatic rings. The highest BCUT2D eigenvalue weighted by Crippen LogP contribution is 2.37. The van der Waals surface area contributed by atoms with Gasteiger partial charge in [-0.2, -0.15) is 0 Å². The lowest BCUT2D eigenvalue weighted by Gasteiger charge is -2.44. The highest BCUT2D eigenvalue weighted by molar-refractivity contribution is 7.98. The summed E-state index contributed by atoms with van der Waals surface area (Å²) in [6, 6.07) is 17.5. The molecule has 0 radical (unpaired) electrons. The normalized spacial score (nSPS) is 18.2. The molecule has 5 heteroatoms. The summed E-state index contributed by atoms with van der Waals surface area (Å²) in [5, 5.41) is 0. The van der Waals surface area contributed by atoms with Crippen molar-refractivity contribution in [2.45, 2.75) is 29.7 Å². The van der Waals surface area contributed by atoms with Gasteiger partial charge in [-0.1, -0.05) is 42.5 Å². The molecule has 4 nitrogen and oxygen atoms in total. The predicted molar refractivity (Wildman–Crippen MR) is 113 cm³/mol. The van der Waals surface area contributed by atoms with Crippen LogP contribution in [0.3, 0.4) is 0 Å². The van der Waals surface area contributed by atoms with Gasteiger partial charge in [0.15, 0.2) is 5.78 Å². The van der Waals surface area contributed by atoms with Gasteiger partial charge in [0.1, 0.15) is 6.29 Å². The SMILES string of the molecule is CSc1ccc(C(CC(=O)c2ccccc2)C(C)(C=O)N2CCOCC2)cc1. The molecule has 28 heavy (non-hydrogen) atoms. The fourth-order valence-electron chi connectivity index (χ4n) is 3.85. The van der Waals surface area contributed by atoms with Crippen molar-refractivity contribution in [3.63, 3.8) is 0 Å². The lowest BCUT2D eigenvalue weighted by molar-refractivity contribution is -0.122. The van der Waals surface area contributed by atoms with Crippen LogP contribution >= 0.6 is 11.8 Å². The van der Waals surface area contributed by atoms with Crippen LogP contribution in [0.1, 0.15) is 35.2 Å². The summed E-state index contributed by atoms with van der Waals surface area (Å²) in [5.41, 5.74) is 0.932. The van der Waals surface area contributed by atoms with Crippen molar-refractivity contribution in [1.82, 2.24) is 4.90 Å². The monoisotopic (exact) mass is 397 g/mol. The van der Waals surface area contributed by atoms with E-state index in [9.17, 15) is 9.59 Å². The summed E-state index contributed by atoms with van der Waals surface area (Å²) in [4.78, 5) is 28.7. The number of rotatable bonds is 8. The van der Waals surface area contributed by atoms with Gasteiger partial charge in [-0.3, -0.25) is 9.69 Å². The van der Waals surface area contributed by atoms with Crippen molar-refractivity contribution < 1.29 is 14.3 Å². The van der Waals surface area contributed by atoms with E-state index in [0.717, 1.165) is 16.7 Å². The zero-order valence-corrected chi connectivity index (χ0v) is 17.3. The number of hydrogen-bond donors (Lipinski definition) is 0. The van der Waals surface area contributed by atoms with Crippen molar-refractivity contribution in [2.75, 3.05) is 32.6 Å². The van der Waals surface area contributed by atoms with Crippen LogP contribution in [-0.2, 0) is 9.53 Å². The Bertz CT molecular complexity index is 787. The molecular formula is C23H27NO3S. The number of carbonyl (C=O) groups is 2. The molecule has 1 saturated heterocycles. The quantitative estimate of drug-likeness (QED) is 0.382. The Labute approximate surface area is 171 Å². The first-order valence-corrected chi connectivity index (χ1v) is 10.8. The van der Waals surface area contributed by atoms with Gasteiger partial charge >= 0.3 is 0 Å². The maximum atomic E-state index is 13.0. The van der Waals surface area contributed by atoms with Crippen LogP contribution in [0.4, 0.5) is 0 Å². The average Bonchev–Trinajstić information content (AvgIpc) is 2.78. The second kappa shape index (κ2) is 9.50. The summed E-state index contributed by atoms with van der Waals surface area (Å²) in [7, 11) is 0. The Balaban J connectivity index is 1.96. The van der Waals surface area contributed by atoms with Crippen LogP contribution in [0.5, 0.6) is 0 Å². The first-order valence-electron chi connectivity index (χ1n) is 9.60. The third kappa shape index (κ3) is 4.54. The molecule has 148 valence electrons. The number of aldehydes is 1. The van der Waals surface area contributed by atoms with Gasteiger partial charge in [-0.05, 0) is 30.9 Å². The summed E-state index contributed by atoms with van der Waals surface area (Å²) in [6.07, 6.45) is 3.34. The van der Waals surface area contributed by atoms with E-state index >= 15 is 0 Å². The van der Waals surface area contributed by atoms with Crippen molar-refractivity contribution in [1.29, 1.82) is 0 Å². The lowest BCUT2D eigenvalue weighted by atomic mass is 9.76. The molecule has 0 N–H and O–H groups in total. The highest BCUT2D eigenvalue weighted by Gasteiger charge is 2.42. The predicted octanol–water partition coefficient (Wildman–Crippen LogP) is 4.05. The van der Waals surface area contributed by atoms with Crippen LogP contribution in [0.15, 0.2) is 59.5 Å². The number of ether oxygens (including phenoxy) is 1. The second-order valence-electron chi connectivity index (χ2n) is 7.26. The molecule has 0 amide bonds. The molecule has 2 aromatic carbocycles. The molecule has 1 aliphatic heterocycles. The minimum atomic E-state index is -0.769. The first kappa shape index (κ1) is 20.8. The van der Waals surface area contributed by atoms with Gasteiger partial charge in [0.2, 0.25) is 0 Å². The zero-order valence-electron chi connectivity index (χ0n) is 16.5. The van der Waals surface area contributed by atoms with Crippen molar-refractivity contribution in [3.8, 4) is 0 Å². The largest absolute Gasteiger partial charge is 0.379 e. The number of ketones is 1. The number of hydrogen-bond acceptors (Lipinski definition) is 5. The van der Waals surface area contributed by atoms with E-state index in [1.807, 2.05) is 43.5 Å². The second-order valence-corrected chi connectivity index (χ2v) is 8.14. The Morgan fingerprint density at radius 2 is 1.79 bits per heavy atom. The van der Waals surface area contributed by atoms with Gasteiger partial charge in [0, 0.05) is 35.9 Å². The van der Waals surface area contributed by atoms with Crippen LogP contribution < -0.4 is 0 Å². The summed E-state index contributed by atoms with van der Waals surface area (Å²) >= 11 is 1.68. The molecule has 0 bridgehead atoms. The molecule has 0 aliphatic carbocycles. The van der Waals surface area contributed by atoms with E-state index in [4.69, 9.17) is 4.74 Å². The minimum absolute atomic E-state index is 0.0564. The van der Waals surface area contributed by atoms with Crippen LogP contribution in [0, 0.1) is 0 Å². The summed E-state index contributed by atoms with van der Waals surface area (Å²) < 4.78 is 5.48. The van der Waals surface area contributed by atoms with E-state index in [-0.39, 0.29) is 18.1 Å². The summed E-state index contributed by atoms with van der Waals surface area (Å²) in [6.45, 7) is 4.54. The highest BCUT2D eigenvalue weighted by atomic mass is 32.2. The van der Waals surface area contributed by atoms with Crippen LogP contribution in [0.2, 0.25) is 0 Å². The number of morpholine rings is 1. The van der Waals surface area contributed by atoms with E-state index in [1.165, 1.54) is 0 Å². The number of nitrogens with zero attached hydrogens (tertiary/aromatic N) is 1. The number of Topliss-reactive ketones (excluding diaryl/α,β-unsaturated/α-hetero) is 1. The number of carbonyl (C=O) groups excluding carboxylic acids is 2. The smallest absolute Gasteiger partial charge is 0.163 e. The first-order chi connectivity index (χ1) is 13.6. The zero-order chi connectivity index (χ0) is 20.0. The van der Waals surface area contributed by atoms with E-state index in [0.29, 0.717) is 31.9 Å². The molecule has 0 saturated carbocycles. The van der Waals surface area contributed by atoms with Crippen molar-refractivity contribution >= 4 is 23.8 Å². The van der Waals surface area contributed by atoms with Crippen LogP contribution in [0.25, 0.3) is 0 Å². The third-order valence-corrected chi connectivity index (χ3v) is 6.38. The molecule has 1 aliphatic rings.